The van der Waals surface area contributed by atoms with E-state index < -0.39 is 0 Å². The fourth-order valence-corrected chi connectivity index (χ4v) is 4.13. The second kappa shape index (κ2) is 7.01. The first kappa shape index (κ1) is 15.8. The Morgan fingerprint density at radius 3 is 2.71 bits per heavy atom. The fraction of sp³-hybridized carbons (Fsp3) is 0.474. The third kappa shape index (κ3) is 3.36. The summed E-state index contributed by atoms with van der Waals surface area (Å²) in [7, 11) is 0. The van der Waals surface area contributed by atoms with E-state index in [2.05, 4.69) is 39.8 Å². The molecule has 5 heteroatoms. The highest BCUT2D eigenvalue weighted by molar-refractivity contribution is 7.98. The number of benzene rings is 1. The Bertz CT molecular complexity index is 687. The van der Waals surface area contributed by atoms with Crippen molar-refractivity contribution in [1.82, 2.24) is 4.90 Å². The lowest BCUT2D eigenvalue weighted by Crippen LogP contribution is -2.39. The first-order chi connectivity index (χ1) is 11.8. The molecule has 3 aliphatic rings. The van der Waals surface area contributed by atoms with Crippen molar-refractivity contribution in [2.24, 2.45) is 9.39 Å². The summed E-state index contributed by atoms with van der Waals surface area (Å²) < 4.78 is 10.7. The van der Waals surface area contributed by atoms with Gasteiger partial charge >= 0.3 is 0 Å². The largest absolute Gasteiger partial charge is 0.490 e. The highest BCUT2D eigenvalue weighted by Gasteiger charge is 2.24. The summed E-state index contributed by atoms with van der Waals surface area (Å²) in [4.78, 5) is 6.94. The molecule has 126 valence electrons. The van der Waals surface area contributed by atoms with Gasteiger partial charge in [0.15, 0.2) is 5.84 Å². The van der Waals surface area contributed by atoms with Gasteiger partial charge in [-0.2, -0.15) is 4.40 Å². The molecule has 0 spiro atoms. The molecule has 0 bridgehead atoms. The number of nitrogens with zero attached hydrogens (tertiary/aromatic N) is 3. The number of hydrogen-bond donors (Lipinski definition) is 0. The number of rotatable bonds is 3. The summed E-state index contributed by atoms with van der Waals surface area (Å²) in [5, 5.41) is 0. The van der Waals surface area contributed by atoms with Crippen LogP contribution in [0.25, 0.3) is 0 Å². The monoisotopic (exact) mass is 341 g/mol. The first-order valence-corrected chi connectivity index (χ1v) is 9.75. The maximum atomic E-state index is 6.13. The van der Waals surface area contributed by atoms with Gasteiger partial charge in [0.05, 0.1) is 11.8 Å². The Hall–Kier alpha value is -1.75. The van der Waals surface area contributed by atoms with E-state index in [0.717, 1.165) is 40.9 Å². The van der Waals surface area contributed by atoms with E-state index in [9.17, 15) is 0 Å². The SMILES string of the molecule is CC1=CN2CCSN=C2C(c2ccc(OC3CCCCC3)cc2)=N1. The molecule has 0 unspecified atom stereocenters. The normalized spacial score (nSPS) is 21.5. The highest BCUT2D eigenvalue weighted by atomic mass is 32.2. The standard InChI is InChI=1S/C19H23N3OS/c1-14-13-22-11-12-24-21-19(22)18(20-14)15-7-9-17(10-8-15)23-16-5-3-2-4-6-16/h7-10,13,16H,2-6,11-12H2,1H3. The van der Waals surface area contributed by atoms with Crippen LogP contribution in [-0.4, -0.2) is 34.8 Å². The third-order valence-corrected chi connectivity index (χ3v) is 5.34. The van der Waals surface area contributed by atoms with Gasteiger partial charge in [0, 0.05) is 24.1 Å². The molecular weight excluding hydrogens is 318 g/mol. The molecule has 0 aromatic heterocycles. The van der Waals surface area contributed by atoms with Gasteiger partial charge in [0.1, 0.15) is 11.5 Å². The molecular formula is C19H23N3OS. The van der Waals surface area contributed by atoms with Crippen LogP contribution < -0.4 is 4.74 Å². The van der Waals surface area contributed by atoms with E-state index >= 15 is 0 Å². The third-order valence-electron chi connectivity index (χ3n) is 4.67. The molecule has 1 fully saturated rings. The van der Waals surface area contributed by atoms with Crippen LogP contribution in [-0.2, 0) is 0 Å². The predicted octanol–water partition coefficient (Wildman–Crippen LogP) is 4.42. The first-order valence-electron chi connectivity index (χ1n) is 8.81. The Kier molecular flexibility index (Phi) is 4.60. The zero-order chi connectivity index (χ0) is 16.4. The Morgan fingerprint density at radius 2 is 1.92 bits per heavy atom. The van der Waals surface area contributed by atoms with E-state index in [1.165, 1.54) is 32.1 Å². The molecule has 4 nitrogen and oxygen atoms in total. The highest BCUT2D eigenvalue weighted by Crippen LogP contribution is 2.26. The maximum Gasteiger partial charge on any atom is 0.167 e. The van der Waals surface area contributed by atoms with Crippen LogP contribution in [0.3, 0.4) is 0 Å². The van der Waals surface area contributed by atoms with Gasteiger partial charge in [-0.3, -0.25) is 0 Å². The summed E-state index contributed by atoms with van der Waals surface area (Å²) in [5.74, 6) is 2.96. The van der Waals surface area contributed by atoms with Gasteiger partial charge in [-0.05, 0) is 68.8 Å². The van der Waals surface area contributed by atoms with Crippen molar-refractivity contribution in [2.45, 2.75) is 45.1 Å². The number of fused-ring (bicyclic) bond motifs is 1. The topological polar surface area (TPSA) is 37.2 Å². The fourth-order valence-electron chi connectivity index (χ4n) is 3.45. The molecule has 0 saturated heterocycles. The maximum absolute atomic E-state index is 6.13. The van der Waals surface area contributed by atoms with Crippen molar-refractivity contribution in [1.29, 1.82) is 0 Å². The zero-order valence-electron chi connectivity index (χ0n) is 14.1. The molecule has 0 radical (unpaired) electrons. The quantitative estimate of drug-likeness (QED) is 0.764. The molecule has 2 aliphatic heterocycles. The molecule has 1 saturated carbocycles. The van der Waals surface area contributed by atoms with Crippen molar-refractivity contribution in [3.63, 3.8) is 0 Å². The van der Waals surface area contributed by atoms with Crippen LogP contribution in [0.4, 0.5) is 0 Å². The van der Waals surface area contributed by atoms with Crippen LogP contribution in [0.5, 0.6) is 5.75 Å². The second-order valence-electron chi connectivity index (χ2n) is 6.57. The minimum atomic E-state index is 0.386. The minimum absolute atomic E-state index is 0.386. The van der Waals surface area contributed by atoms with E-state index in [4.69, 9.17) is 9.73 Å². The number of hydrogen-bond acceptors (Lipinski definition) is 5. The van der Waals surface area contributed by atoms with Crippen molar-refractivity contribution >= 4 is 23.5 Å². The molecule has 2 heterocycles. The zero-order valence-corrected chi connectivity index (χ0v) is 14.9. The van der Waals surface area contributed by atoms with Crippen molar-refractivity contribution in [3.05, 3.63) is 41.7 Å². The molecule has 0 amide bonds. The second-order valence-corrected chi connectivity index (χ2v) is 7.42. The number of aliphatic imine (C=N–C) groups is 1. The van der Waals surface area contributed by atoms with Gasteiger partial charge in [0.25, 0.3) is 0 Å². The lowest BCUT2D eigenvalue weighted by atomic mass is 9.98. The lowest BCUT2D eigenvalue weighted by molar-refractivity contribution is 0.155. The van der Waals surface area contributed by atoms with Gasteiger partial charge in [0.2, 0.25) is 0 Å². The van der Waals surface area contributed by atoms with E-state index in [1.807, 2.05) is 6.92 Å². The summed E-state index contributed by atoms with van der Waals surface area (Å²) in [6.45, 7) is 3.03. The van der Waals surface area contributed by atoms with Gasteiger partial charge in [-0.25, -0.2) is 4.99 Å². The van der Waals surface area contributed by atoms with Gasteiger partial charge in [-0.15, -0.1) is 0 Å². The van der Waals surface area contributed by atoms with Crippen LogP contribution in [0.15, 0.2) is 45.6 Å². The average molecular weight is 341 g/mol. The Morgan fingerprint density at radius 1 is 1.12 bits per heavy atom. The number of allylic oxidation sites excluding steroid dienone is 1. The molecule has 24 heavy (non-hydrogen) atoms. The average Bonchev–Trinajstić information content (AvgIpc) is 2.62. The van der Waals surface area contributed by atoms with Gasteiger partial charge in [-0.1, -0.05) is 6.42 Å². The van der Waals surface area contributed by atoms with E-state index in [-0.39, 0.29) is 0 Å². The number of amidine groups is 1. The van der Waals surface area contributed by atoms with E-state index in [1.54, 1.807) is 11.9 Å². The smallest absolute Gasteiger partial charge is 0.167 e. The summed E-state index contributed by atoms with van der Waals surface area (Å²) in [6.07, 6.45) is 8.77. The predicted molar refractivity (Wildman–Crippen MR) is 101 cm³/mol. The Balaban J connectivity index is 1.53. The van der Waals surface area contributed by atoms with Crippen molar-refractivity contribution in [3.8, 4) is 5.75 Å². The molecule has 4 rings (SSSR count). The van der Waals surface area contributed by atoms with Crippen LogP contribution in [0.2, 0.25) is 0 Å². The molecule has 1 aliphatic carbocycles. The van der Waals surface area contributed by atoms with Crippen LogP contribution in [0, 0.1) is 0 Å². The minimum Gasteiger partial charge on any atom is -0.490 e. The molecule has 1 aromatic rings. The summed E-state index contributed by atoms with van der Waals surface area (Å²) in [6, 6.07) is 8.35. The van der Waals surface area contributed by atoms with Crippen molar-refractivity contribution in [2.75, 3.05) is 12.3 Å². The molecule has 0 N–H and O–H groups in total. The van der Waals surface area contributed by atoms with Crippen molar-refractivity contribution < 1.29 is 4.74 Å². The molecule has 0 atom stereocenters. The Labute approximate surface area is 147 Å². The van der Waals surface area contributed by atoms with Crippen LogP contribution in [0.1, 0.15) is 44.6 Å². The summed E-state index contributed by atoms with van der Waals surface area (Å²) in [5.41, 5.74) is 3.09. The molecule has 1 aromatic carbocycles. The van der Waals surface area contributed by atoms with E-state index in [0.29, 0.717) is 6.10 Å². The van der Waals surface area contributed by atoms with Crippen LogP contribution >= 0.6 is 11.9 Å². The summed E-state index contributed by atoms with van der Waals surface area (Å²) >= 11 is 1.62. The van der Waals surface area contributed by atoms with Gasteiger partial charge < -0.3 is 9.64 Å². The number of ether oxygens (including phenoxy) is 1. The lowest BCUT2D eigenvalue weighted by Gasteiger charge is -2.29.